The van der Waals surface area contributed by atoms with Gasteiger partial charge in [0, 0.05) is 33.1 Å². The van der Waals surface area contributed by atoms with E-state index in [0.717, 1.165) is 44.5 Å². The number of nitrogens with one attached hydrogen (secondary N) is 2. The van der Waals surface area contributed by atoms with Crippen LogP contribution in [0.2, 0.25) is 0 Å². The molecule has 0 amide bonds. The Hall–Kier alpha value is -1.30. The summed E-state index contributed by atoms with van der Waals surface area (Å²) in [6, 6.07) is 0.480. The Labute approximate surface area is 225 Å². The van der Waals surface area contributed by atoms with Crippen LogP contribution in [0.1, 0.15) is 133 Å². The highest BCUT2D eigenvalue weighted by molar-refractivity contribution is 5.98. The van der Waals surface area contributed by atoms with Crippen LogP contribution in [0.25, 0.3) is 0 Å². The molecule has 0 aliphatic carbocycles. The molecular formula is C30H63N6+. The molecule has 0 saturated heterocycles. The summed E-state index contributed by atoms with van der Waals surface area (Å²) in [5.41, 5.74) is 0.284. The molecule has 1 rings (SSSR count). The first-order valence-electron chi connectivity index (χ1n) is 15.3. The van der Waals surface area contributed by atoms with E-state index in [1.807, 2.05) is 0 Å². The highest BCUT2D eigenvalue weighted by Crippen LogP contribution is 2.25. The van der Waals surface area contributed by atoms with E-state index in [9.17, 15) is 0 Å². The van der Waals surface area contributed by atoms with E-state index in [4.69, 9.17) is 4.99 Å². The van der Waals surface area contributed by atoms with Crippen molar-refractivity contribution in [2.24, 2.45) is 10.4 Å². The Morgan fingerprint density at radius 3 is 1.78 bits per heavy atom. The molecule has 1 heterocycles. The molecule has 36 heavy (non-hydrogen) atoms. The average Bonchev–Trinajstić information content (AvgIpc) is 2.82. The number of guanidine groups is 2. The van der Waals surface area contributed by atoms with Gasteiger partial charge in [0.25, 0.3) is 5.96 Å². The summed E-state index contributed by atoms with van der Waals surface area (Å²) in [5.74, 6) is 1.70. The van der Waals surface area contributed by atoms with Gasteiger partial charge in [0.05, 0.1) is 13.1 Å². The Morgan fingerprint density at radius 2 is 1.33 bits per heavy atom. The summed E-state index contributed by atoms with van der Waals surface area (Å²) in [6.45, 7) is 25.1. The fraction of sp³-hybridized carbons (Fsp3) is 0.933. The Kier molecular flexibility index (Phi) is 15.0. The standard InChI is InChI=1S/C30H62N6/c1-11-16-21-35(22-17-12-2)28-31-27(34(10)26(20-15-5)25-29(6,7)8)32-30(9,33-28)36(23-18-13-3)24-19-14-4/h26H,11-25H2,1-10H3,(H,31,32,33)/p+1. The molecule has 0 radical (unpaired) electrons. The first-order valence-corrected chi connectivity index (χ1v) is 15.3. The molecule has 0 aromatic rings. The van der Waals surface area contributed by atoms with Gasteiger partial charge in [-0.1, -0.05) is 87.5 Å². The van der Waals surface area contributed by atoms with Crippen LogP contribution in [0, 0.1) is 5.41 Å². The molecule has 1 aliphatic rings. The van der Waals surface area contributed by atoms with Crippen LogP contribution in [0.3, 0.4) is 0 Å². The van der Waals surface area contributed by atoms with Gasteiger partial charge in [0.2, 0.25) is 5.79 Å². The lowest BCUT2D eigenvalue weighted by Gasteiger charge is -2.41. The van der Waals surface area contributed by atoms with Crippen LogP contribution in [0.4, 0.5) is 0 Å². The minimum Gasteiger partial charge on any atom is -0.330 e. The predicted octanol–water partition coefficient (Wildman–Crippen LogP) is 6.62. The molecule has 1 aliphatic heterocycles. The van der Waals surface area contributed by atoms with Crippen LogP contribution in [-0.2, 0) is 0 Å². The van der Waals surface area contributed by atoms with Crippen molar-refractivity contribution in [1.29, 1.82) is 0 Å². The van der Waals surface area contributed by atoms with Crippen molar-refractivity contribution < 1.29 is 4.58 Å². The Balaban J connectivity index is 3.56. The highest BCUT2D eigenvalue weighted by atomic mass is 15.5. The zero-order chi connectivity index (χ0) is 27.2. The molecule has 0 bridgehead atoms. The summed E-state index contributed by atoms with van der Waals surface area (Å²) in [7, 11) is 2.27. The topological polar surface area (TPSA) is 45.9 Å². The van der Waals surface area contributed by atoms with Crippen LogP contribution >= 0.6 is 0 Å². The van der Waals surface area contributed by atoms with Crippen molar-refractivity contribution in [2.45, 2.75) is 145 Å². The number of unbranched alkanes of at least 4 members (excludes halogenated alkanes) is 4. The van der Waals surface area contributed by atoms with Gasteiger partial charge in [-0.25, -0.2) is 15.5 Å². The Morgan fingerprint density at radius 1 is 0.833 bits per heavy atom. The summed E-state index contributed by atoms with van der Waals surface area (Å²) >= 11 is 0. The minimum atomic E-state index is -0.455. The van der Waals surface area contributed by atoms with Crippen LogP contribution in [0.5, 0.6) is 0 Å². The number of nitrogens with zero attached hydrogens (tertiary/aromatic N) is 4. The minimum absolute atomic E-state index is 0.284. The van der Waals surface area contributed by atoms with Crippen LogP contribution < -0.4 is 10.6 Å². The zero-order valence-corrected chi connectivity index (χ0v) is 26.0. The van der Waals surface area contributed by atoms with E-state index in [2.05, 4.69) is 94.4 Å². The fourth-order valence-corrected chi connectivity index (χ4v) is 5.02. The molecule has 0 spiro atoms. The normalized spacial score (nSPS) is 20.6. The van der Waals surface area contributed by atoms with Gasteiger partial charge in [-0.05, 0) is 43.9 Å². The SMILES string of the molecule is CCCCN(CCCC)C1=NC(C)(N(CCCC)CCCC)NC(=[N+](C)C(CCC)CC(C)(C)C)N1. The molecule has 0 fully saturated rings. The quantitative estimate of drug-likeness (QED) is 0.217. The van der Waals surface area contributed by atoms with Crippen molar-refractivity contribution in [3.63, 3.8) is 0 Å². The predicted molar refractivity (Wildman–Crippen MR) is 159 cm³/mol. The number of aliphatic imine (C=N–C) groups is 1. The lowest BCUT2D eigenvalue weighted by molar-refractivity contribution is -0.546. The molecule has 2 atom stereocenters. The Bertz CT molecular complexity index is 649. The first-order chi connectivity index (χ1) is 17.0. The van der Waals surface area contributed by atoms with Crippen LogP contribution in [-0.4, -0.2) is 71.3 Å². The van der Waals surface area contributed by atoms with Gasteiger partial charge < -0.3 is 4.90 Å². The maximum atomic E-state index is 5.44. The lowest BCUT2D eigenvalue weighted by Crippen LogP contribution is -2.69. The second kappa shape index (κ2) is 16.5. The summed E-state index contributed by atoms with van der Waals surface area (Å²) in [5, 5.41) is 7.71. The molecule has 212 valence electrons. The van der Waals surface area contributed by atoms with E-state index in [1.54, 1.807) is 0 Å². The van der Waals surface area contributed by atoms with E-state index in [1.165, 1.54) is 64.2 Å². The molecule has 2 unspecified atom stereocenters. The molecular weight excluding hydrogens is 444 g/mol. The van der Waals surface area contributed by atoms with E-state index >= 15 is 0 Å². The van der Waals surface area contributed by atoms with Gasteiger partial charge in [0.15, 0.2) is 0 Å². The number of hydrogen-bond donors (Lipinski definition) is 2. The van der Waals surface area contributed by atoms with Gasteiger partial charge in [-0.15, -0.1) is 0 Å². The van der Waals surface area contributed by atoms with Gasteiger partial charge in [0.1, 0.15) is 0 Å². The molecule has 0 saturated carbocycles. The maximum Gasteiger partial charge on any atom is 0.356 e. The van der Waals surface area contributed by atoms with Crippen molar-refractivity contribution >= 4 is 11.9 Å². The molecule has 6 nitrogen and oxygen atoms in total. The van der Waals surface area contributed by atoms with Crippen molar-refractivity contribution in [3.05, 3.63) is 0 Å². The molecule has 2 N–H and O–H groups in total. The average molecular weight is 508 g/mol. The van der Waals surface area contributed by atoms with Crippen LogP contribution in [0.15, 0.2) is 4.99 Å². The largest absolute Gasteiger partial charge is 0.356 e. The second-order valence-electron chi connectivity index (χ2n) is 12.3. The fourth-order valence-electron chi connectivity index (χ4n) is 5.02. The lowest BCUT2D eigenvalue weighted by atomic mass is 9.86. The van der Waals surface area contributed by atoms with E-state index in [-0.39, 0.29) is 5.41 Å². The number of rotatable bonds is 17. The van der Waals surface area contributed by atoms with E-state index in [0.29, 0.717) is 6.04 Å². The molecule has 0 aromatic carbocycles. The summed E-state index contributed by atoms with van der Waals surface area (Å²) < 4.78 is 2.48. The third-order valence-electron chi connectivity index (χ3n) is 7.32. The van der Waals surface area contributed by atoms with Gasteiger partial charge >= 0.3 is 5.96 Å². The zero-order valence-electron chi connectivity index (χ0n) is 26.0. The van der Waals surface area contributed by atoms with Crippen molar-refractivity contribution in [2.75, 3.05) is 33.2 Å². The highest BCUT2D eigenvalue weighted by Gasteiger charge is 2.43. The monoisotopic (exact) mass is 508 g/mol. The molecule has 6 heteroatoms. The van der Waals surface area contributed by atoms with E-state index < -0.39 is 5.79 Å². The maximum absolute atomic E-state index is 5.44. The third-order valence-corrected chi connectivity index (χ3v) is 7.32. The third kappa shape index (κ3) is 11.0. The second-order valence-corrected chi connectivity index (χ2v) is 12.3. The first kappa shape index (κ1) is 32.7. The summed E-state index contributed by atoms with van der Waals surface area (Å²) in [6.07, 6.45) is 13.1. The number of hydrogen-bond acceptors (Lipinski definition) is 3. The smallest absolute Gasteiger partial charge is 0.330 e. The van der Waals surface area contributed by atoms with Gasteiger partial charge in [-0.3, -0.25) is 4.58 Å². The van der Waals surface area contributed by atoms with Crippen molar-refractivity contribution in [1.82, 2.24) is 20.4 Å². The molecule has 0 aromatic heterocycles. The van der Waals surface area contributed by atoms with Gasteiger partial charge in [-0.2, -0.15) is 4.99 Å². The van der Waals surface area contributed by atoms with Crippen molar-refractivity contribution in [3.8, 4) is 0 Å². The summed E-state index contributed by atoms with van der Waals surface area (Å²) in [4.78, 5) is 10.5.